The molecule has 102 valence electrons. The van der Waals surface area contributed by atoms with Crippen LogP contribution in [0.4, 0.5) is 5.13 Å². The number of benzene rings is 1. The van der Waals surface area contributed by atoms with Crippen molar-refractivity contribution in [1.29, 1.82) is 0 Å². The first-order valence-corrected chi connectivity index (χ1v) is 6.92. The first-order chi connectivity index (χ1) is 9.60. The first-order valence-electron chi connectivity index (χ1n) is 5.73. The zero-order chi connectivity index (χ0) is 14.5. The average molecular weight is 307 g/mol. The molecular formula is C14H11ClN2O2S. The normalized spacial score (nSPS) is 9.75. The minimum absolute atomic E-state index is 0.205. The summed E-state index contributed by atoms with van der Waals surface area (Å²) in [4.78, 5) is 16.8. The molecule has 0 saturated carbocycles. The van der Waals surface area contributed by atoms with Crippen LogP contribution in [0.5, 0.6) is 0 Å². The van der Waals surface area contributed by atoms with Crippen molar-refractivity contribution >= 4 is 34.0 Å². The van der Waals surface area contributed by atoms with Crippen LogP contribution in [0.2, 0.25) is 5.02 Å². The number of carbonyl (C=O) groups is 1. The third-order valence-electron chi connectivity index (χ3n) is 2.44. The first kappa shape index (κ1) is 14.5. The highest BCUT2D eigenvalue weighted by atomic mass is 35.5. The molecule has 20 heavy (non-hydrogen) atoms. The van der Waals surface area contributed by atoms with Crippen molar-refractivity contribution in [1.82, 2.24) is 4.98 Å². The number of halogens is 1. The van der Waals surface area contributed by atoms with Gasteiger partial charge in [0.1, 0.15) is 6.61 Å². The number of thiazole rings is 1. The highest BCUT2D eigenvalue weighted by Gasteiger charge is 2.09. The van der Waals surface area contributed by atoms with Gasteiger partial charge in [-0.15, -0.1) is 0 Å². The predicted octanol–water partition coefficient (Wildman–Crippen LogP) is 2.70. The number of amides is 1. The number of aromatic nitrogens is 1. The van der Waals surface area contributed by atoms with Gasteiger partial charge in [0.2, 0.25) is 0 Å². The van der Waals surface area contributed by atoms with Crippen molar-refractivity contribution in [2.75, 3.05) is 11.9 Å². The Labute approximate surface area is 125 Å². The fraction of sp³-hybridized carbons (Fsp3) is 0.143. The summed E-state index contributed by atoms with van der Waals surface area (Å²) in [6.45, 7) is 1.63. The van der Waals surface area contributed by atoms with E-state index < -0.39 is 0 Å². The number of nitrogens with zero attached hydrogens (tertiary/aromatic N) is 1. The molecule has 2 rings (SSSR count). The maximum absolute atomic E-state index is 12.0. The predicted molar refractivity (Wildman–Crippen MR) is 80.2 cm³/mol. The number of hydrogen-bond donors (Lipinski definition) is 2. The Bertz CT molecular complexity index is 701. The molecule has 0 aliphatic carbocycles. The van der Waals surface area contributed by atoms with E-state index in [1.165, 1.54) is 11.3 Å². The number of anilines is 1. The second-order valence-corrected chi connectivity index (χ2v) is 5.35. The summed E-state index contributed by atoms with van der Waals surface area (Å²) in [5.41, 5.74) is 1.36. The SMILES string of the molecule is Cc1cc(C(=O)Nc2ncc(C#CCO)s2)ccc1Cl. The number of aliphatic hydroxyl groups is 1. The lowest BCUT2D eigenvalue weighted by Crippen LogP contribution is -2.11. The molecule has 0 unspecified atom stereocenters. The van der Waals surface area contributed by atoms with Gasteiger partial charge in [0.05, 0.1) is 11.1 Å². The molecule has 2 N–H and O–H groups in total. The Morgan fingerprint density at radius 2 is 2.35 bits per heavy atom. The van der Waals surface area contributed by atoms with Gasteiger partial charge >= 0.3 is 0 Å². The van der Waals surface area contributed by atoms with Crippen LogP contribution in [0.1, 0.15) is 20.8 Å². The molecule has 1 aromatic heterocycles. The smallest absolute Gasteiger partial charge is 0.257 e. The molecule has 0 fully saturated rings. The molecular weight excluding hydrogens is 296 g/mol. The van der Waals surface area contributed by atoms with Crippen LogP contribution in [0.25, 0.3) is 0 Å². The van der Waals surface area contributed by atoms with E-state index in [4.69, 9.17) is 16.7 Å². The van der Waals surface area contributed by atoms with Crippen LogP contribution in [0.15, 0.2) is 24.4 Å². The minimum Gasteiger partial charge on any atom is -0.384 e. The molecule has 6 heteroatoms. The van der Waals surface area contributed by atoms with Crippen LogP contribution in [-0.4, -0.2) is 22.6 Å². The Balaban J connectivity index is 2.11. The Morgan fingerprint density at radius 3 is 3.05 bits per heavy atom. The van der Waals surface area contributed by atoms with Gasteiger partial charge in [-0.2, -0.15) is 0 Å². The lowest BCUT2D eigenvalue weighted by molar-refractivity contribution is 0.102. The number of hydrogen-bond acceptors (Lipinski definition) is 4. The van der Waals surface area contributed by atoms with E-state index in [1.807, 2.05) is 6.92 Å². The second kappa shape index (κ2) is 6.53. The molecule has 0 aliphatic rings. The Hall–Kier alpha value is -1.87. The van der Waals surface area contributed by atoms with E-state index in [9.17, 15) is 4.79 Å². The monoisotopic (exact) mass is 306 g/mol. The van der Waals surface area contributed by atoms with Crippen molar-refractivity contribution < 1.29 is 9.90 Å². The summed E-state index contributed by atoms with van der Waals surface area (Å²) < 4.78 is 0. The van der Waals surface area contributed by atoms with Gasteiger partial charge in [0.15, 0.2) is 5.13 Å². The van der Waals surface area contributed by atoms with E-state index in [0.717, 1.165) is 5.56 Å². The summed E-state index contributed by atoms with van der Waals surface area (Å²) in [7, 11) is 0. The van der Waals surface area contributed by atoms with Gasteiger partial charge < -0.3 is 5.11 Å². The number of aryl methyl sites for hydroxylation is 1. The zero-order valence-corrected chi connectivity index (χ0v) is 12.2. The summed E-state index contributed by atoms with van der Waals surface area (Å²) in [5.74, 6) is 5.01. The zero-order valence-electron chi connectivity index (χ0n) is 10.6. The van der Waals surface area contributed by atoms with Gasteiger partial charge in [0.25, 0.3) is 5.91 Å². The highest BCUT2D eigenvalue weighted by Crippen LogP contribution is 2.20. The molecule has 1 amide bonds. The van der Waals surface area contributed by atoms with Crippen LogP contribution in [-0.2, 0) is 0 Å². The molecule has 0 spiro atoms. The number of nitrogens with one attached hydrogen (secondary N) is 1. The van der Waals surface area contributed by atoms with Crippen LogP contribution >= 0.6 is 22.9 Å². The Morgan fingerprint density at radius 1 is 1.55 bits per heavy atom. The quantitative estimate of drug-likeness (QED) is 0.839. The molecule has 1 heterocycles. The second-order valence-electron chi connectivity index (χ2n) is 3.91. The topological polar surface area (TPSA) is 62.2 Å². The van der Waals surface area contributed by atoms with E-state index in [1.54, 1.807) is 24.4 Å². The van der Waals surface area contributed by atoms with Gasteiger partial charge in [-0.1, -0.05) is 34.8 Å². The third kappa shape index (κ3) is 3.58. The molecule has 0 atom stereocenters. The maximum Gasteiger partial charge on any atom is 0.257 e. The lowest BCUT2D eigenvalue weighted by atomic mass is 10.1. The lowest BCUT2D eigenvalue weighted by Gasteiger charge is -2.03. The van der Waals surface area contributed by atoms with Gasteiger partial charge in [-0.3, -0.25) is 10.1 Å². The summed E-state index contributed by atoms with van der Waals surface area (Å²) in [6.07, 6.45) is 1.55. The van der Waals surface area contributed by atoms with E-state index in [0.29, 0.717) is 20.6 Å². The summed E-state index contributed by atoms with van der Waals surface area (Å²) in [5, 5.41) is 12.4. The molecule has 2 aromatic rings. The van der Waals surface area contributed by atoms with Gasteiger partial charge in [-0.25, -0.2) is 4.98 Å². The average Bonchev–Trinajstić information content (AvgIpc) is 2.87. The van der Waals surface area contributed by atoms with Gasteiger partial charge in [-0.05, 0) is 30.7 Å². The Kier molecular flexibility index (Phi) is 4.74. The van der Waals surface area contributed by atoms with Crippen LogP contribution in [0.3, 0.4) is 0 Å². The largest absolute Gasteiger partial charge is 0.384 e. The number of aliphatic hydroxyl groups excluding tert-OH is 1. The van der Waals surface area contributed by atoms with Crippen molar-refractivity contribution in [2.45, 2.75) is 6.92 Å². The summed E-state index contributed by atoms with van der Waals surface area (Å²) >= 11 is 7.17. The molecule has 4 nitrogen and oxygen atoms in total. The fourth-order valence-corrected chi connectivity index (χ4v) is 2.28. The molecule has 0 bridgehead atoms. The van der Waals surface area contributed by atoms with Crippen LogP contribution in [0, 0.1) is 18.8 Å². The minimum atomic E-state index is -0.249. The molecule has 1 aromatic carbocycles. The van der Waals surface area contributed by atoms with E-state index in [2.05, 4.69) is 22.1 Å². The maximum atomic E-state index is 12.0. The van der Waals surface area contributed by atoms with E-state index in [-0.39, 0.29) is 12.5 Å². The highest BCUT2D eigenvalue weighted by molar-refractivity contribution is 7.16. The van der Waals surface area contributed by atoms with Crippen molar-refractivity contribution in [2.24, 2.45) is 0 Å². The van der Waals surface area contributed by atoms with Crippen LogP contribution < -0.4 is 5.32 Å². The third-order valence-corrected chi connectivity index (χ3v) is 3.69. The molecule has 0 radical (unpaired) electrons. The standard InChI is InChI=1S/C14H11ClN2O2S/c1-9-7-10(4-5-12(9)15)13(19)17-14-16-8-11(20-14)3-2-6-18/h4-5,7-8,18H,6H2,1H3,(H,16,17,19). The number of rotatable bonds is 2. The molecule has 0 saturated heterocycles. The van der Waals surface area contributed by atoms with Crippen molar-refractivity contribution in [3.8, 4) is 11.8 Å². The van der Waals surface area contributed by atoms with Crippen molar-refractivity contribution in [3.63, 3.8) is 0 Å². The molecule has 0 aliphatic heterocycles. The summed E-state index contributed by atoms with van der Waals surface area (Å²) in [6, 6.07) is 5.06. The van der Waals surface area contributed by atoms with Gasteiger partial charge in [0, 0.05) is 10.6 Å². The van der Waals surface area contributed by atoms with Crippen molar-refractivity contribution in [3.05, 3.63) is 45.4 Å². The number of carbonyl (C=O) groups excluding carboxylic acids is 1. The fourth-order valence-electron chi connectivity index (χ4n) is 1.47. The van der Waals surface area contributed by atoms with E-state index >= 15 is 0 Å².